The van der Waals surface area contributed by atoms with E-state index >= 15 is 0 Å². The third-order valence-corrected chi connectivity index (χ3v) is 6.90. The number of fused-ring (bicyclic) bond motifs is 3. The standard InChI is InChI=1S/C28H31ClN2O2/c1-3-19(2)27(30)17-31(16-20-9-8-10-21(29)15-20)28(32)33-18-26-24-13-6-4-11-22(24)23-12-5-7-14-25(23)26/h4-15,19,26-27H,3,16-18,30H2,1-2H3/t19-,27+/m0/s1. The van der Waals surface area contributed by atoms with Crippen molar-refractivity contribution in [1.82, 2.24) is 4.90 Å². The van der Waals surface area contributed by atoms with Crippen LogP contribution in [0.1, 0.15) is 42.9 Å². The number of carbonyl (C=O) groups excluding carboxylic acids is 1. The Hall–Kier alpha value is -2.82. The number of amides is 1. The van der Waals surface area contributed by atoms with Gasteiger partial charge in [-0.05, 0) is 45.9 Å². The van der Waals surface area contributed by atoms with Crippen molar-refractivity contribution in [3.05, 3.63) is 94.5 Å². The van der Waals surface area contributed by atoms with Gasteiger partial charge in [0.2, 0.25) is 0 Å². The van der Waals surface area contributed by atoms with Gasteiger partial charge in [-0.25, -0.2) is 4.79 Å². The van der Waals surface area contributed by atoms with Crippen molar-refractivity contribution in [1.29, 1.82) is 0 Å². The van der Waals surface area contributed by atoms with E-state index in [2.05, 4.69) is 38.1 Å². The second-order valence-electron chi connectivity index (χ2n) is 8.86. The van der Waals surface area contributed by atoms with Crippen molar-refractivity contribution in [2.45, 2.75) is 38.8 Å². The van der Waals surface area contributed by atoms with Gasteiger partial charge in [-0.2, -0.15) is 0 Å². The zero-order valence-electron chi connectivity index (χ0n) is 19.2. The monoisotopic (exact) mass is 462 g/mol. The molecule has 0 spiro atoms. The van der Waals surface area contributed by atoms with Crippen molar-refractivity contribution in [3.8, 4) is 11.1 Å². The molecule has 0 saturated heterocycles. The Bertz CT molecular complexity index is 1070. The number of carbonyl (C=O) groups is 1. The first kappa shape index (κ1) is 23.3. The number of hydrogen-bond acceptors (Lipinski definition) is 3. The minimum Gasteiger partial charge on any atom is -0.448 e. The first-order chi connectivity index (χ1) is 16.0. The van der Waals surface area contributed by atoms with Gasteiger partial charge in [0.1, 0.15) is 6.61 Å². The molecule has 0 unspecified atom stereocenters. The molecule has 0 bridgehead atoms. The Morgan fingerprint density at radius 2 is 1.67 bits per heavy atom. The van der Waals surface area contributed by atoms with Crippen molar-refractivity contribution in [2.24, 2.45) is 11.7 Å². The van der Waals surface area contributed by atoms with Gasteiger partial charge in [-0.15, -0.1) is 0 Å². The molecule has 172 valence electrons. The topological polar surface area (TPSA) is 55.6 Å². The maximum absolute atomic E-state index is 13.3. The number of ether oxygens (including phenoxy) is 1. The highest BCUT2D eigenvalue weighted by Crippen LogP contribution is 2.44. The van der Waals surface area contributed by atoms with Crippen LogP contribution in [-0.4, -0.2) is 30.2 Å². The van der Waals surface area contributed by atoms with E-state index in [9.17, 15) is 4.79 Å². The van der Waals surface area contributed by atoms with Crippen molar-refractivity contribution in [2.75, 3.05) is 13.2 Å². The van der Waals surface area contributed by atoms with E-state index in [1.807, 2.05) is 48.5 Å². The third kappa shape index (κ3) is 5.23. The molecule has 3 aromatic carbocycles. The van der Waals surface area contributed by atoms with Crippen LogP contribution in [-0.2, 0) is 11.3 Å². The molecule has 0 fully saturated rings. The molecule has 4 rings (SSSR count). The Balaban J connectivity index is 1.52. The SMILES string of the molecule is CC[C@H](C)[C@H](N)CN(Cc1cccc(Cl)c1)C(=O)OCC1c2ccccc2-c2ccccc21. The van der Waals surface area contributed by atoms with Gasteiger partial charge >= 0.3 is 6.09 Å². The average Bonchev–Trinajstić information content (AvgIpc) is 3.15. The fourth-order valence-electron chi connectivity index (χ4n) is 4.48. The van der Waals surface area contributed by atoms with Crippen molar-refractivity contribution in [3.63, 3.8) is 0 Å². The normalized spacial score (nSPS) is 14.3. The highest BCUT2D eigenvalue weighted by Gasteiger charge is 2.30. The number of nitrogens with two attached hydrogens (primary N) is 1. The summed E-state index contributed by atoms with van der Waals surface area (Å²) in [5, 5.41) is 0.645. The number of benzene rings is 3. The van der Waals surface area contributed by atoms with Crippen molar-refractivity contribution >= 4 is 17.7 Å². The molecule has 2 atom stereocenters. The van der Waals surface area contributed by atoms with E-state index in [-0.39, 0.29) is 24.7 Å². The predicted octanol–water partition coefficient (Wildman–Crippen LogP) is 6.46. The molecule has 0 saturated carbocycles. The van der Waals surface area contributed by atoms with Gasteiger partial charge in [0.05, 0.1) is 0 Å². The first-order valence-electron chi connectivity index (χ1n) is 11.6. The van der Waals surface area contributed by atoms with Crippen LogP contribution in [0.2, 0.25) is 5.02 Å². The maximum atomic E-state index is 13.3. The molecular formula is C28H31ClN2O2. The molecule has 4 nitrogen and oxygen atoms in total. The molecule has 0 radical (unpaired) electrons. The molecule has 1 amide bonds. The van der Waals surface area contributed by atoms with E-state index in [1.54, 1.807) is 4.90 Å². The van der Waals surface area contributed by atoms with Crippen LogP contribution in [0.15, 0.2) is 72.8 Å². The van der Waals surface area contributed by atoms with Gasteiger partial charge < -0.3 is 15.4 Å². The number of halogens is 1. The lowest BCUT2D eigenvalue weighted by molar-refractivity contribution is 0.0923. The summed E-state index contributed by atoms with van der Waals surface area (Å²) in [6.45, 7) is 5.34. The molecular weight excluding hydrogens is 432 g/mol. The zero-order valence-corrected chi connectivity index (χ0v) is 20.0. The van der Waals surface area contributed by atoms with Crippen LogP contribution in [0.4, 0.5) is 4.79 Å². The minimum atomic E-state index is -0.351. The van der Waals surface area contributed by atoms with Gasteiger partial charge in [-0.3, -0.25) is 0 Å². The second-order valence-corrected chi connectivity index (χ2v) is 9.30. The Labute approximate surface area is 201 Å². The summed E-state index contributed by atoms with van der Waals surface area (Å²) in [4.78, 5) is 15.0. The quantitative estimate of drug-likeness (QED) is 0.417. The third-order valence-electron chi connectivity index (χ3n) is 6.66. The lowest BCUT2D eigenvalue weighted by atomic mass is 9.98. The van der Waals surface area contributed by atoms with Gasteiger partial charge in [0.25, 0.3) is 0 Å². The number of hydrogen-bond donors (Lipinski definition) is 1. The van der Waals surface area contributed by atoms with E-state index < -0.39 is 0 Å². The van der Waals surface area contributed by atoms with Gasteiger partial charge in [0.15, 0.2) is 0 Å². The summed E-state index contributed by atoms with van der Waals surface area (Å²) < 4.78 is 5.92. The molecule has 0 heterocycles. The van der Waals surface area contributed by atoms with E-state index in [4.69, 9.17) is 22.1 Å². The Morgan fingerprint density at radius 3 is 2.27 bits per heavy atom. The summed E-state index contributed by atoms with van der Waals surface area (Å²) in [5.41, 5.74) is 12.2. The summed E-state index contributed by atoms with van der Waals surface area (Å²) in [7, 11) is 0. The number of nitrogens with zero attached hydrogens (tertiary/aromatic N) is 1. The van der Waals surface area contributed by atoms with Crippen LogP contribution in [0.3, 0.4) is 0 Å². The van der Waals surface area contributed by atoms with E-state index in [0.717, 1.165) is 12.0 Å². The fourth-order valence-corrected chi connectivity index (χ4v) is 4.69. The molecule has 3 aromatic rings. The summed E-state index contributed by atoms with van der Waals surface area (Å²) in [5.74, 6) is 0.325. The maximum Gasteiger partial charge on any atom is 0.410 e. The number of rotatable bonds is 8. The van der Waals surface area contributed by atoms with Crippen molar-refractivity contribution < 1.29 is 9.53 Å². The molecule has 1 aliphatic carbocycles. The van der Waals surface area contributed by atoms with E-state index in [1.165, 1.54) is 22.3 Å². The van der Waals surface area contributed by atoms with Crippen LogP contribution < -0.4 is 5.73 Å². The molecule has 1 aliphatic rings. The molecule has 5 heteroatoms. The van der Waals surface area contributed by atoms with Gasteiger partial charge in [0, 0.05) is 30.1 Å². The molecule has 33 heavy (non-hydrogen) atoms. The fraction of sp³-hybridized carbons (Fsp3) is 0.321. The van der Waals surface area contributed by atoms with E-state index in [0.29, 0.717) is 24.0 Å². The lowest BCUT2D eigenvalue weighted by Gasteiger charge is -2.28. The zero-order chi connectivity index (χ0) is 23.4. The molecule has 0 aromatic heterocycles. The smallest absolute Gasteiger partial charge is 0.410 e. The minimum absolute atomic E-state index is 0.0256. The lowest BCUT2D eigenvalue weighted by Crippen LogP contribution is -2.44. The van der Waals surface area contributed by atoms with Crippen LogP contribution in [0.25, 0.3) is 11.1 Å². The van der Waals surface area contributed by atoms with Crippen LogP contribution in [0, 0.1) is 5.92 Å². The second kappa shape index (κ2) is 10.4. The average molecular weight is 463 g/mol. The Morgan fingerprint density at radius 1 is 1.03 bits per heavy atom. The molecule has 2 N–H and O–H groups in total. The largest absolute Gasteiger partial charge is 0.448 e. The summed E-state index contributed by atoms with van der Waals surface area (Å²) in [6, 6.07) is 24.1. The molecule has 0 aliphatic heterocycles. The van der Waals surface area contributed by atoms with Gasteiger partial charge in [-0.1, -0.05) is 92.5 Å². The summed E-state index contributed by atoms with van der Waals surface area (Å²) in [6.07, 6.45) is 0.604. The van der Waals surface area contributed by atoms with Crippen LogP contribution >= 0.6 is 11.6 Å². The Kier molecular flexibility index (Phi) is 7.36. The summed E-state index contributed by atoms with van der Waals surface area (Å²) >= 11 is 6.17. The predicted molar refractivity (Wildman–Crippen MR) is 134 cm³/mol. The highest BCUT2D eigenvalue weighted by molar-refractivity contribution is 6.30. The highest BCUT2D eigenvalue weighted by atomic mass is 35.5. The first-order valence-corrected chi connectivity index (χ1v) is 12.0. The van der Waals surface area contributed by atoms with Crippen LogP contribution in [0.5, 0.6) is 0 Å².